The van der Waals surface area contributed by atoms with E-state index in [-0.39, 0.29) is 0 Å². The van der Waals surface area contributed by atoms with Gasteiger partial charge >= 0.3 is 0 Å². The first-order chi connectivity index (χ1) is 8.72. The van der Waals surface area contributed by atoms with Crippen LogP contribution in [0.4, 0.5) is 0 Å². The number of hydrogen-bond acceptors (Lipinski definition) is 2. The van der Waals surface area contributed by atoms with E-state index in [1.807, 2.05) is 24.3 Å². The molecule has 0 amide bonds. The van der Waals surface area contributed by atoms with Gasteiger partial charge in [0.25, 0.3) is 0 Å². The van der Waals surface area contributed by atoms with Crippen molar-refractivity contribution in [2.24, 2.45) is 5.92 Å². The highest BCUT2D eigenvalue weighted by Crippen LogP contribution is 2.18. The van der Waals surface area contributed by atoms with Gasteiger partial charge in [0, 0.05) is 0 Å². The number of hydrogen-bond donors (Lipinski definition) is 0. The number of para-hydroxylation sites is 2. The summed E-state index contributed by atoms with van der Waals surface area (Å²) in [6.45, 7) is 4.46. The quantitative estimate of drug-likeness (QED) is 0.629. The summed E-state index contributed by atoms with van der Waals surface area (Å²) in [6.07, 6.45) is 1.09. The smallest absolute Gasteiger partial charge is 0.0897 e. The van der Waals surface area contributed by atoms with Crippen molar-refractivity contribution >= 4 is 22.1 Å². The van der Waals surface area contributed by atoms with E-state index in [1.165, 1.54) is 5.56 Å². The van der Waals surface area contributed by atoms with Gasteiger partial charge in [0.2, 0.25) is 0 Å². The second-order valence-electron chi connectivity index (χ2n) is 5.13. The minimum Gasteiger partial charge on any atom is -0.245 e. The summed E-state index contributed by atoms with van der Waals surface area (Å²) in [5.41, 5.74) is 5.23. The van der Waals surface area contributed by atoms with Crippen molar-refractivity contribution in [1.82, 2.24) is 9.97 Å². The molecule has 1 aromatic heterocycles. The van der Waals surface area contributed by atoms with Crippen LogP contribution in [0, 0.1) is 5.92 Å². The topological polar surface area (TPSA) is 25.8 Å². The predicted octanol–water partition coefficient (Wildman–Crippen LogP) is 3.98. The van der Waals surface area contributed by atoms with Crippen LogP contribution in [0.3, 0.4) is 0 Å². The third-order valence-corrected chi connectivity index (χ3v) is 3.05. The van der Waals surface area contributed by atoms with Crippen molar-refractivity contribution in [2.45, 2.75) is 20.3 Å². The van der Waals surface area contributed by atoms with Crippen LogP contribution in [0.15, 0.2) is 42.5 Å². The molecule has 0 N–H and O–H groups in total. The Morgan fingerprint density at radius 1 is 0.833 bits per heavy atom. The molecule has 0 radical (unpaired) electrons. The van der Waals surface area contributed by atoms with Crippen LogP contribution in [-0.4, -0.2) is 9.97 Å². The fraction of sp³-hybridized carbons (Fsp3) is 0.250. The zero-order valence-corrected chi connectivity index (χ0v) is 10.7. The SMILES string of the molecule is CC(C)Cc1ccc2nc3ccccc3nc2c1. The highest BCUT2D eigenvalue weighted by Gasteiger charge is 2.03. The molecule has 0 bridgehead atoms. The van der Waals surface area contributed by atoms with Gasteiger partial charge in [0.05, 0.1) is 22.1 Å². The molecule has 2 aromatic carbocycles. The Labute approximate surface area is 107 Å². The summed E-state index contributed by atoms with van der Waals surface area (Å²) < 4.78 is 0. The number of fused-ring (bicyclic) bond motifs is 2. The summed E-state index contributed by atoms with van der Waals surface area (Å²) >= 11 is 0. The van der Waals surface area contributed by atoms with Crippen molar-refractivity contribution < 1.29 is 0 Å². The molecular weight excluding hydrogens is 220 g/mol. The third-order valence-electron chi connectivity index (χ3n) is 3.05. The second kappa shape index (κ2) is 4.37. The molecule has 0 unspecified atom stereocenters. The van der Waals surface area contributed by atoms with Gasteiger partial charge in [-0.3, -0.25) is 0 Å². The summed E-state index contributed by atoms with van der Waals surface area (Å²) in [6, 6.07) is 14.4. The lowest BCUT2D eigenvalue weighted by Gasteiger charge is -2.06. The van der Waals surface area contributed by atoms with E-state index in [4.69, 9.17) is 0 Å². The van der Waals surface area contributed by atoms with E-state index in [0.29, 0.717) is 5.92 Å². The lowest BCUT2D eigenvalue weighted by molar-refractivity contribution is 0.647. The molecule has 90 valence electrons. The average molecular weight is 236 g/mol. The summed E-state index contributed by atoms with van der Waals surface area (Å²) in [4.78, 5) is 9.32. The minimum atomic E-state index is 0.663. The zero-order valence-electron chi connectivity index (χ0n) is 10.7. The molecule has 0 aliphatic rings. The molecule has 3 aromatic rings. The minimum absolute atomic E-state index is 0.663. The van der Waals surface area contributed by atoms with Crippen molar-refractivity contribution in [1.29, 1.82) is 0 Å². The van der Waals surface area contributed by atoms with Gasteiger partial charge in [0.15, 0.2) is 0 Å². The number of nitrogens with zero attached hydrogens (tertiary/aromatic N) is 2. The zero-order chi connectivity index (χ0) is 12.5. The Bertz CT molecular complexity index is 702. The molecule has 18 heavy (non-hydrogen) atoms. The molecular formula is C16H16N2. The molecule has 3 rings (SSSR count). The monoisotopic (exact) mass is 236 g/mol. The van der Waals surface area contributed by atoms with Crippen molar-refractivity contribution in [3.05, 3.63) is 48.0 Å². The van der Waals surface area contributed by atoms with Crippen LogP contribution >= 0.6 is 0 Å². The van der Waals surface area contributed by atoms with E-state index in [9.17, 15) is 0 Å². The van der Waals surface area contributed by atoms with Gasteiger partial charge < -0.3 is 0 Å². The molecule has 0 atom stereocenters. The van der Waals surface area contributed by atoms with Crippen LogP contribution < -0.4 is 0 Å². The molecule has 0 saturated carbocycles. The van der Waals surface area contributed by atoms with E-state index in [0.717, 1.165) is 28.5 Å². The van der Waals surface area contributed by atoms with Gasteiger partial charge in [-0.2, -0.15) is 0 Å². The lowest BCUT2D eigenvalue weighted by Crippen LogP contribution is -1.95. The molecule has 1 heterocycles. The highest BCUT2D eigenvalue weighted by molar-refractivity contribution is 5.86. The maximum atomic E-state index is 4.68. The maximum absolute atomic E-state index is 4.68. The molecule has 2 nitrogen and oxygen atoms in total. The van der Waals surface area contributed by atoms with Crippen LogP contribution in [0.25, 0.3) is 22.1 Å². The first-order valence-electron chi connectivity index (χ1n) is 6.38. The van der Waals surface area contributed by atoms with E-state index < -0.39 is 0 Å². The highest BCUT2D eigenvalue weighted by atomic mass is 14.8. The fourth-order valence-electron chi connectivity index (χ4n) is 2.26. The summed E-state index contributed by atoms with van der Waals surface area (Å²) in [5, 5.41) is 0. The number of aromatic nitrogens is 2. The van der Waals surface area contributed by atoms with Crippen LogP contribution in [0.1, 0.15) is 19.4 Å². The van der Waals surface area contributed by atoms with Gasteiger partial charge in [-0.1, -0.05) is 32.0 Å². The first-order valence-corrected chi connectivity index (χ1v) is 6.38. The van der Waals surface area contributed by atoms with Gasteiger partial charge in [-0.15, -0.1) is 0 Å². The number of rotatable bonds is 2. The van der Waals surface area contributed by atoms with Crippen LogP contribution in [0.5, 0.6) is 0 Å². The van der Waals surface area contributed by atoms with Crippen LogP contribution in [-0.2, 0) is 6.42 Å². The van der Waals surface area contributed by atoms with Gasteiger partial charge in [-0.25, -0.2) is 9.97 Å². The largest absolute Gasteiger partial charge is 0.245 e. The van der Waals surface area contributed by atoms with E-state index >= 15 is 0 Å². The lowest BCUT2D eigenvalue weighted by atomic mass is 10.0. The summed E-state index contributed by atoms with van der Waals surface area (Å²) in [7, 11) is 0. The Balaban J connectivity index is 2.18. The van der Waals surface area contributed by atoms with Crippen molar-refractivity contribution in [3.63, 3.8) is 0 Å². The predicted molar refractivity (Wildman–Crippen MR) is 75.6 cm³/mol. The molecule has 0 aliphatic carbocycles. The third kappa shape index (κ3) is 2.06. The van der Waals surface area contributed by atoms with Crippen molar-refractivity contribution in [2.75, 3.05) is 0 Å². The second-order valence-corrected chi connectivity index (χ2v) is 5.13. The Morgan fingerprint density at radius 2 is 1.44 bits per heavy atom. The fourth-order valence-corrected chi connectivity index (χ4v) is 2.26. The average Bonchev–Trinajstić information content (AvgIpc) is 2.35. The van der Waals surface area contributed by atoms with E-state index in [2.05, 4.69) is 42.0 Å². The Morgan fingerprint density at radius 3 is 2.11 bits per heavy atom. The van der Waals surface area contributed by atoms with Crippen molar-refractivity contribution in [3.8, 4) is 0 Å². The summed E-state index contributed by atoms with van der Waals surface area (Å²) in [5.74, 6) is 0.663. The molecule has 0 fully saturated rings. The molecule has 0 saturated heterocycles. The van der Waals surface area contributed by atoms with Gasteiger partial charge in [0.1, 0.15) is 0 Å². The standard InChI is InChI=1S/C16H16N2/c1-11(2)9-12-7-8-15-16(10-12)18-14-6-4-3-5-13(14)17-15/h3-8,10-11H,9H2,1-2H3. The molecule has 2 heteroatoms. The van der Waals surface area contributed by atoms with Crippen LogP contribution in [0.2, 0.25) is 0 Å². The Kier molecular flexibility index (Phi) is 2.71. The number of benzene rings is 2. The van der Waals surface area contributed by atoms with Gasteiger partial charge in [-0.05, 0) is 42.2 Å². The first kappa shape index (κ1) is 11.1. The maximum Gasteiger partial charge on any atom is 0.0897 e. The Hall–Kier alpha value is -1.96. The molecule has 0 spiro atoms. The molecule has 0 aliphatic heterocycles. The normalized spacial score (nSPS) is 11.5. The van der Waals surface area contributed by atoms with E-state index in [1.54, 1.807) is 0 Å².